The second kappa shape index (κ2) is 9.07. The van der Waals surface area contributed by atoms with Crippen LogP contribution in [0.3, 0.4) is 0 Å². The molecule has 0 spiro atoms. The number of anilines is 1. The molecule has 138 valence electrons. The summed E-state index contributed by atoms with van der Waals surface area (Å²) >= 11 is 17.5. The van der Waals surface area contributed by atoms with Crippen molar-refractivity contribution < 1.29 is 23.5 Å². The summed E-state index contributed by atoms with van der Waals surface area (Å²) in [4.78, 5) is 23.5. The van der Waals surface area contributed by atoms with Gasteiger partial charge in [0.05, 0.1) is 15.1 Å². The molecule has 0 aliphatic heterocycles. The van der Waals surface area contributed by atoms with Crippen molar-refractivity contribution in [2.24, 2.45) is 0 Å². The van der Waals surface area contributed by atoms with Crippen molar-refractivity contribution >= 4 is 52.4 Å². The van der Waals surface area contributed by atoms with Crippen LogP contribution in [0.2, 0.25) is 15.1 Å². The molecule has 0 aliphatic rings. The molecule has 0 heterocycles. The summed E-state index contributed by atoms with van der Waals surface area (Å²) in [6, 6.07) is 6.70. The van der Waals surface area contributed by atoms with Crippen molar-refractivity contribution in [3.63, 3.8) is 0 Å². The SMILES string of the molecule is Cc1ccc(F)cc1NC(=O)COC(=O)COc1cc(Cl)c(Cl)cc1Cl. The van der Waals surface area contributed by atoms with Gasteiger partial charge in [-0.2, -0.15) is 0 Å². The summed E-state index contributed by atoms with van der Waals surface area (Å²) in [5, 5.41) is 3.08. The lowest BCUT2D eigenvalue weighted by atomic mass is 10.2. The number of hydrogen-bond donors (Lipinski definition) is 1. The molecule has 1 N–H and O–H groups in total. The predicted molar refractivity (Wildman–Crippen MR) is 97.7 cm³/mol. The van der Waals surface area contributed by atoms with Crippen LogP contribution in [0, 0.1) is 12.7 Å². The van der Waals surface area contributed by atoms with E-state index in [0.717, 1.165) is 0 Å². The van der Waals surface area contributed by atoms with Crippen LogP contribution in [0.25, 0.3) is 0 Å². The Bertz CT molecular complexity index is 845. The van der Waals surface area contributed by atoms with Crippen LogP contribution >= 0.6 is 34.8 Å². The van der Waals surface area contributed by atoms with Crippen LogP contribution in [-0.2, 0) is 14.3 Å². The molecule has 0 atom stereocenters. The highest BCUT2D eigenvalue weighted by Gasteiger charge is 2.12. The van der Waals surface area contributed by atoms with E-state index in [4.69, 9.17) is 44.3 Å². The summed E-state index contributed by atoms with van der Waals surface area (Å²) in [6.07, 6.45) is 0. The first-order valence-corrected chi connectivity index (χ1v) is 8.38. The largest absolute Gasteiger partial charge is 0.480 e. The average Bonchev–Trinajstić information content (AvgIpc) is 2.58. The summed E-state index contributed by atoms with van der Waals surface area (Å²) in [6.45, 7) is 0.674. The van der Waals surface area contributed by atoms with Crippen LogP contribution in [0.15, 0.2) is 30.3 Å². The number of carbonyl (C=O) groups excluding carboxylic acids is 2. The third-order valence-electron chi connectivity index (χ3n) is 3.16. The first kappa shape index (κ1) is 20.3. The molecule has 0 unspecified atom stereocenters. The second-order valence-electron chi connectivity index (χ2n) is 5.15. The van der Waals surface area contributed by atoms with Gasteiger partial charge in [-0.05, 0) is 30.7 Å². The van der Waals surface area contributed by atoms with Gasteiger partial charge in [0.15, 0.2) is 13.2 Å². The van der Waals surface area contributed by atoms with Crippen LogP contribution in [0.4, 0.5) is 10.1 Å². The van der Waals surface area contributed by atoms with Crippen molar-refractivity contribution in [1.29, 1.82) is 0 Å². The van der Waals surface area contributed by atoms with Gasteiger partial charge in [0.2, 0.25) is 0 Å². The van der Waals surface area contributed by atoms with E-state index < -0.39 is 30.9 Å². The lowest BCUT2D eigenvalue weighted by molar-refractivity contribution is -0.149. The van der Waals surface area contributed by atoms with Gasteiger partial charge in [0, 0.05) is 11.8 Å². The molecule has 9 heteroatoms. The van der Waals surface area contributed by atoms with Gasteiger partial charge in [-0.1, -0.05) is 40.9 Å². The molecule has 26 heavy (non-hydrogen) atoms. The van der Waals surface area contributed by atoms with Gasteiger partial charge in [-0.3, -0.25) is 4.79 Å². The number of esters is 1. The van der Waals surface area contributed by atoms with E-state index in [1.807, 2.05) is 0 Å². The molecule has 0 saturated carbocycles. The summed E-state index contributed by atoms with van der Waals surface area (Å²) < 4.78 is 23.2. The van der Waals surface area contributed by atoms with E-state index in [2.05, 4.69) is 5.32 Å². The monoisotopic (exact) mass is 419 g/mol. The summed E-state index contributed by atoms with van der Waals surface area (Å²) in [5.74, 6) is -1.74. The van der Waals surface area contributed by atoms with E-state index in [1.165, 1.54) is 30.3 Å². The number of ether oxygens (including phenoxy) is 2. The number of rotatable bonds is 6. The van der Waals surface area contributed by atoms with Crippen LogP contribution < -0.4 is 10.1 Å². The molecule has 0 aromatic heterocycles. The standard InChI is InChI=1S/C17H13Cl3FNO4/c1-9-2-3-10(21)4-14(9)22-16(23)7-26-17(24)8-25-15-6-12(19)11(18)5-13(15)20/h2-6H,7-8H2,1H3,(H,22,23). The van der Waals surface area contributed by atoms with Crippen molar-refractivity contribution in [2.45, 2.75) is 6.92 Å². The van der Waals surface area contributed by atoms with Gasteiger partial charge in [0.25, 0.3) is 5.91 Å². The number of hydrogen-bond acceptors (Lipinski definition) is 4. The maximum Gasteiger partial charge on any atom is 0.344 e. The molecule has 5 nitrogen and oxygen atoms in total. The van der Waals surface area contributed by atoms with E-state index in [9.17, 15) is 14.0 Å². The van der Waals surface area contributed by atoms with Crippen molar-refractivity contribution in [3.8, 4) is 5.75 Å². The van der Waals surface area contributed by atoms with E-state index in [0.29, 0.717) is 11.3 Å². The van der Waals surface area contributed by atoms with Gasteiger partial charge in [-0.15, -0.1) is 0 Å². The molecule has 2 aromatic rings. The fourth-order valence-corrected chi connectivity index (χ4v) is 2.45. The maximum atomic E-state index is 13.2. The second-order valence-corrected chi connectivity index (χ2v) is 6.38. The quantitative estimate of drug-likeness (QED) is 0.545. The topological polar surface area (TPSA) is 64.6 Å². The van der Waals surface area contributed by atoms with Crippen molar-refractivity contribution in [1.82, 2.24) is 0 Å². The molecule has 2 aromatic carbocycles. The number of carbonyl (C=O) groups is 2. The molecular weight excluding hydrogens is 408 g/mol. The zero-order valence-corrected chi connectivity index (χ0v) is 15.7. The Morgan fingerprint density at radius 2 is 1.73 bits per heavy atom. The fraction of sp³-hybridized carbons (Fsp3) is 0.176. The average molecular weight is 421 g/mol. The van der Waals surface area contributed by atoms with Gasteiger partial charge in [0.1, 0.15) is 11.6 Å². The third-order valence-corrected chi connectivity index (χ3v) is 4.18. The number of amides is 1. The third kappa shape index (κ3) is 5.76. The Morgan fingerprint density at radius 1 is 1.04 bits per heavy atom. The summed E-state index contributed by atoms with van der Waals surface area (Å²) in [5.41, 5.74) is 0.966. The van der Waals surface area contributed by atoms with Gasteiger partial charge >= 0.3 is 5.97 Å². The van der Waals surface area contributed by atoms with Crippen molar-refractivity contribution in [3.05, 3.63) is 56.8 Å². The number of benzene rings is 2. The van der Waals surface area contributed by atoms with Crippen LogP contribution in [0.5, 0.6) is 5.75 Å². The Morgan fingerprint density at radius 3 is 2.46 bits per heavy atom. The number of aryl methyl sites for hydroxylation is 1. The Kier molecular flexibility index (Phi) is 7.08. The number of nitrogens with one attached hydrogen (secondary N) is 1. The molecule has 0 saturated heterocycles. The Hall–Kier alpha value is -2.02. The summed E-state index contributed by atoms with van der Waals surface area (Å²) in [7, 11) is 0. The molecule has 0 fully saturated rings. The van der Waals surface area contributed by atoms with E-state index in [-0.39, 0.29) is 20.8 Å². The fourth-order valence-electron chi connectivity index (χ4n) is 1.85. The first-order valence-electron chi connectivity index (χ1n) is 7.25. The van der Waals surface area contributed by atoms with Gasteiger partial charge in [-0.25, -0.2) is 9.18 Å². The normalized spacial score (nSPS) is 10.3. The Balaban J connectivity index is 1.82. The van der Waals surface area contributed by atoms with Crippen LogP contribution in [-0.4, -0.2) is 25.1 Å². The zero-order valence-electron chi connectivity index (χ0n) is 13.4. The molecule has 1 amide bonds. The molecule has 2 rings (SSSR count). The highest BCUT2D eigenvalue weighted by molar-refractivity contribution is 6.43. The maximum absolute atomic E-state index is 13.2. The number of halogens is 4. The van der Waals surface area contributed by atoms with Crippen molar-refractivity contribution in [2.75, 3.05) is 18.5 Å². The molecule has 0 radical (unpaired) electrons. The van der Waals surface area contributed by atoms with E-state index >= 15 is 0 Å². The lowest BCUT2D eigenvalue weighted by Crippen LogP contribution is -2.24. The lowest BCUT2D eigenvalue weighted by Gasteiger charge is -2.10. The zero-order chi connectivity index (χ0) is 19.3. The van der Waals surface area contributed by atoms with Gasteiger partial charge < -0.3 is 14.8 Å². The predicted octanol–water partition coefficient (Wildman–Crippen LogP) is 4.66. The van der Waals surface area contributed by atoms with Crippen LogP contribution in [0.1, 0.15) is 5.56 Å². The highest BCUT2D eigenvalue weighted by Crippen LogP contribution is 2.33. The Labute approximate surface area is 163 Å². The molecule has 0 bridgehead atoms. The minimum Gasteiger partial charge on any atom is -0.480 e. The minimum absolute atomic E-state index is 0.151. The smallest absolute Gasteiger partial charge is 0.344 e. The minimum atomic E-state index is -0.793. The first-order chi connectivity index (χ1) is 12.3. The highest BCUT2D eigenvalue weighted by atomic mass is 35.5. The van der Waals surface area contributed by atoms with E-state index in [1.54, 1.807) is 6.92 Å². The molecular formula is C17H13Cl3FNO4. The molecule has 0 aliphatic carbocycles.